The predicted molar refractivity (Wildman–Crippen MR) is 97.2 cm³/mol. The molecule has 1 heterocycles. The summed E-state index contributed by atoms with van der Waals surface area (Å²) in [5.41, 5.74) is 0.714. The minimum Gasteiger partial charge on any atom is -0.495 e. The van der Waals surface area contributed by atoms with Gasteiger partial charge in [-0.3, -0.25) is 0 Å². The van der Waals surface area contributed by atoms with E-state index >= 15 is 0 Å². The highest BCUT2D eigenvalue weighted by Gasteiger charge is 2.41. The summed E-state index contributed by atoms with van der Waals surface area (Å²) in [5, 5.41) is 0.0549. The molecule has 0 fully saturated rings. The number of ether oxygens (including phenoxy) is 2. The van der Waals surface area contributed by atoms with E-state index in [-0.39, 0.29) is 27.5 Å². The Morgan fingerprint density at radius 3 is 2.42 bits per heavy atom. The van der Waals surface area contributed by atoms with Crippen LogP contribution in [0.3, 0.4) is 0 Å². The maximum atomic E-state index is 12.0. The van der Waals surface area contributed by atoms with E-state index in [9.17, 15) is 8.42 Å². The Balaban J connectivity index is 2.53. The number of hydrogen-bond acceptors (Lipinski definition) is 5. The standard InChI is InChI=1S/C16H25ClO5SSi/c1-16(2,3)24(5,6)22-12-9-10-21-14-11(12)7-8-13(20-4)15(14)23(17,18)19/h7-8,12H,9-10H2,1-6H3. The molecule has 0 saturated heterocycles. The Bertz CT molecular complexity index is 725. The smallest absolute Gasteiger partial charge is 0.268 e. The minimum absolute atomic E-state index is 0.0549. The van der Waals surface area contributed by atoms with Crippen molar-refractivity contribution >= 4 is 28.1 Å². The fourth-order valence-electron chi connectivity index (χ4n) is 2.43. The van der Waals surface area contributed by atoms with Gasteiger partial charge in [0.25, 0.3) is 9.05 Å². The van der Waals surface area contributed by atoms with Gasteiger partial charge in [0.2, 0.25) is 0 Å². The minimum atomic E-state index is -4.00. The van der Waals surface area contributed by atoms with Gasteiger partial charge in [-0.05, 0) is 30.3 Å². The molecule has 136 valence electrons. The van der Waals surface area contributed by atoms with E-state index in [4.69, 9.17) is 24.6 Å². The zero-order valence-corrected chi connectivity index (χ0v) is 17.5. The third-order valence-electron chi connectivity index (χ3n) is 4.79. The largest absolute Gasteiger partial charge is 0.495 e. The molecule has 1 aliphatic rings. The van der Waals surface area contributed by atoms with Crippen LogP contribution in [-0.2, 0) is 13.5 Å². The molecule has 1 aromatic carbocycles. The topological polar surface area (TPSA) is 61.8 Å². The fourth-order valence-corrected chi connectivity index (χ4v) is 4.97. The van der Waals surface area contributed by atoms with Crippen LogP contribution in [0.2, 0.25) is 18.1 Å². The third kappa shape index (κ3) is 3.74. The summed E-state index contributed by atoms with van der Waals surface area (Å²) in [6.07, 6.45) is 0.464. The number of halogens is 1. The van der Waals surface area contributed by atoms with Gasteiger partial charge in [-0.25, -0.2) is 8.42 Å². The second-order valence-electron chi connectivity index (χ2n) is 7.46. The number of methoxy groups -OCH3 is 1. The lowest BCUT2D eigenvalue weighted by molar-refractivity contribution is 0.119. The Hall–Kier alpha value is -0.763. The summed E-state index contributed by atoms with van der Waals surface area (Å²) < 4.78 is 41.3. The predicted octanol–water partition coefficient (Wildman–Crippen LogP) is 4.47. The Kier molecular flexibility index (Phi) is 5.31. The van der Waals surface area contributed by atoms with Crippen molar-refractivity contribution in [2.24, 2.45) is 0 Å². The number of fused-ring (bicyclic) bond motifs is 1. The zero-order valence-electron chi connectivity index (χ0n) is 15.0. The molecule has 0 spiro atoms. The van der Waals surface area contributed by atoms with Crippen molar-refractivity contribution in [1.29, 1.82) is 0 Å². The number of benzene rings is 1. The van der Waals surface area contributed by atoms with Gasteiger partial charge in [-0.15, -0.1) is 0 Å². The summed E-state index contributed by atoms with van der Waals surface area (Å²) in [6, 6.07) is 3.40. The van der Waals surface area contributed by atoms with Gasteiger partial charge < -0.3 is 13.9 Å². The third-order valence-corrected chi connectivity index (χ3v) is 10.6. The summed E-state index contributed by atoms with van der Waals surface area (Å²) in [5.74, 6) is 0.427. The Morgan fingerprint density at radius 2 is 1.92 bits per heavy atom. The molecule has 0 amide bonds. The second-order valence-corrected chi connectivity index (χ2v) is 14.7. The summed E-state index contributed by atoms with van der Waals surface area (Å²) in [4.78, 5) is -0.118. The summed E-state index contributed by atoms with van der Waals surface area (Å²) in [7, 11) is 0.996. The van der Waals surface area contributed by atoms with E-state index in [2.05, 4.69) is 33.9 Å². The van der Waals surface area contributed by atoms with E-state index in [1.165, 1.54) is 7.11 Å². The van der Waals surface area contributed by atoms with E-state index < -0.39 is 17.4 Å². The lowest BCUT2D eigenvalue weighted by Crippen LogP contribution is -2.42. The first-order chi connectivity index (χ1) is 10.9. The van der Waals surface area contributed by atoms with E-state index in [0.717, 1.165) is 0 Å². The SMILES string of the molecule is COc1ccc2c(c1S(=O)(=O)Cl)OCCC2O[Si](C)(C)C(C)(C)C. The van der Waals surface area contributed by atoms with Crippen LogP contribution in [0.25, 0.3) is 0 Å². The molecule has 0 aromatic heterocycles. The molecule has 8 heteroatoms. The van der Waals surface area contributed by atoms with Crippen LogP contribution in [0.5, 0.6) is 11.5 Å². The molecule has 0 aliphatic carbocycles. The van der Waals surface area contributed by atoms with Gasteiger partial charge in [0.15, 0.2) is 13.2 Å². The molecule has 0 N–H and O–H groups in total. The molecular weight excluding hydrogens is 368 g/mol. The first kappa shape index (κ1) is 19.6. The van der Waals surface area contributed by atoms with Crippen LogP contribution >= 0.6 is 10.7 Å². The van der Waals surface area contributed by atoms with Gasteiger partial charge >= 0.3 is 0 Å². The summed E-state index contributed by atoms with van der Waals surface area (Å²) >= 11 is 0. The van der Waals surface area contributed by atoms with Crippen LogP contribution in [0.15, 0.2) is 17.0 Å². The van der Waals surface area contributed by atoms with E-state index in [1.807, 2.05) is 0 Å². The lowest BCUT2D eigenvalue weighted by Gasteiger charge is -2.41. The first-order valence-electron chi connectivity index (χ1n) is 7.84. The first-order valence-corrected chi connectivity index (χ1v) is 13.1. The van der Waals surface area contributed by atoms with Crippen molar-refractivity contribution in [3.8, 4) is 11.5 Å². The maximum Gasteiger partial charge on any atom is 0.268 e. The van der Waals surface area contributed by atoms with Crippen LogP contribution in [0.1, 0.15) is 38.9 Å². The van der Waals surface area contributed by atoms with Crippen LogP contribution in [-0.4, -0.2) is 30.5 Å². The van der Waals surface area contributed by atoms with Gasteiger partial charge in [0.1, 0.15) is 11.5 Å². The number of hydrogen-bond donors (Lipinski definition) is 0. The highest BCUT2D eigenvalue weighted by Crippen LogP contribution is 2.47. The molecule has 1 unspecified atom stereocenters. The second kappa shape index (κ2) is 6.51. The van der Waals surface area contributed by atoms with Crippen molar-refractivity contribution in [3.05, 3.63) is 17.7 Å². The van der Waals surface area contributed by atoms with Crippen molar-refractivity contribution in [3.63, 3.8) is 0 Å². The zero-order chi connectivity index (χ0) is 18.3. The maximum absolute atomic E-state index is 12.0. The van der Waals surface area contributed by atoms with Crippen molar-refractivity contribution < 1.29 is 22.3 Å². The molecule has 0 bridgehead atoms. The molecule has 0 saturated carbocycles. The van der Waals surface area contributed by atoms with Crippen LogP contribution in [0, 0.1) is 0 Å². The highest BCUT2D eigenvalue weighted by molar-refractivity contribution is 8.14. The van der Waals surface area contributed by atoms with Gasteiger partial charge in [-0.1, -0.05) is 20.8 Å². The average Bonchev–Trinajstić information content (AvgIpc) is 2.43. The Morgan fingerprint density at radius 1 is 1.29 bits per heavy atom. The van der Waals surface area contributed by atoms with E-state index in [0.29, 0.717) is 18.6 Å². The normalized spacial score (nSPS) is 18.7. The Labute approximate surface area is 149 Å². The van der Waals surface area contributed by atoms with E-state index in [1.54, 1.807) is 12.1 Å². The van der Waals surface area contributed by atoms with Gasteiger partial charge in [0, 0.05) is 22.7 Å². The molecular formula is C16H25ClO5SSi. The van der Waals surface area contributed by atoms with Crippen molar-refractivity contribution in [2.45, 2.75) is 56.3 Å². The van der Waals surface area contributed by atoms with Gasteiger partial charge in [0.05, 0.1) is 19.8 Å². The fraction of sp³-hybridized carbons (Fsp3) is 0.625. The molecule has 1 aromatic rings. The molecule has 24 heavy (non-hydrogen) atoms. The molecule has 1 aliphatic heterocycles. The van der Waals surface area contributed by atoms with Gasteiger partial charge in [-0.2, -0.15) is 0 Å². The molecule has 2 rings (SSSR count). The van der Waals surface area contributed by atoms with Crippen LogP contribution < -0.4 is 9.47 Å². The highest BCUT2D eigenvalue weighted by atomic mass is 35.7. The van der Waals surface area contributed by atoms with Crippen molar-refractivity contribution in [2.75, 3.05) is 13.7 Å². The molecule has 0 radical (unpaired) electrons. The monoisotopic (exact) mass is 392 g/mol. The average molecular weight is 393 g/mol. The number of rotatable bonds is 4. The van der Waals surface area contributed by atoms with Crippen LogP contribution in [0.4, 0.5) is 0 Å². The lowest BCUT2D eigenvalue weighted by atomic mass is 10.0. The quantitative estimate of drug-likeness (QED) is 0.558. The molecule has 5 nitrogen and oxygen atoms in total. The molecule has 1 atom stereocenters. The van der Waals surface area contributed by atoms with Crippen molar-refractivity contribution in [1.82, 2.24) is 0 Å². The summed E-state index contributed by atoms with van der Waals surface area (Å²) in [6.45, 7) is 11.2.